The first-order chi connectivity index (χ1) is 7.22. The molecule has 0 aromatic heterocycles. The summed E-state index contributed by atoms with van der Waals surface area (Å²) >= 11 is 0. The van der Waals surface area contributed by atoms with Crippen LogP contribution in [0.25, 0.3) is 0 Å². The predicted octanol–water partition coefficient (Wildman–Crippen LogP) is 2.88. The van der Waals surface area contributed by atoms with Gasteiger partial charge in [-0.15, -0.1) is 0 Å². The van der Waals surface area contributed by atoms with Gasteiger partial charge in [-0.1, -0.05) is 25.5 Å². The van der Waals surface area contributed by atoms with Crippen LogP contribution in [0.4, 0.5) is 4.39 Å². The zero-order valence-corrected chi connectivity index (χ0v) is 8.92. The van der Waals surface area contributed by atoms with Crippen LogP contribution in [0.3, 0.4) is 0 Å². The summed E-state index contributed by atoms with van der Waals surface area (Å²) < 4.78 is 12.6. The topological polar surface area (TPSA) is 29.1 Å². The highest BCUT2D eigenvalue weighted by Crippen LogP contribution is 2.02. The number of hydrogen-bond acceptors (Lipinski definition) is 1. The van der Waals surface area contributed by atoms with Gasteiger partial charge < -0.3 is 5.32 Å². The molecule has 0 fully saturated rings. The standard InChI is InChI=1S/C12H16FNO.H2/c1-2-3-4-12(15)14-9-10-5-7-11(13)8-6-10;/h5-8H,2-4,9H2,1H3,(H,14,15);1H. The predicted molar refractivity (Wildman–Crippen MR) is 59.9 cm³/mol. The smallest absolute Gasteiger partial charge is 0.220 e. The average molecular weight is 211 g/mol. The van der Waals surface area contributed by atoms with Crippen molar-refractivity contribution in [2.24, 2.45) is 0 Å². The summed E-state index contributed by atoms with van der Waals surface area (Å²) in [6, 6.07) is 6.14. The molecule has 0 spiro atoms. The Morgan fingerprint density at radius 2 is 2.07 bits per heavy atom. The van der Waals surface area contributed by atoms with Crippen molar-refractivity contribution in [3.8, 4) is 0 Å². The van der Waals surface area contributed by atoms with Crippen molar-refractivity contribution in [3.05, 3.63) is 35.6 Å². The van der Waals surface area contributed by atoms with E-state index in [9.17, 15) is 9.18 Å². The molecular weight excluding hydrogens is 193 g/mol. The zero-order chi connectivity index (χ0) is 11.1. The van der Waals surface area contributed by atoms with Crippen LogP contribution in [0.1, 0.15) is 33.2 Å². The number of hydrogen-bond donors (Lipinski definition) is 1. The van der Waals surface area contributed by atoms with Crippen molar-refractivity contribution in [2.45, 2.75) is 32.7 Å². The number of carbonyl (C=O) groups is 1. The normalized spacial score (nSPS) is 10.0. The zero-order valence-electron chi connectivity index (χ0n) is 8.92. The van der Waals surface area contributed by atoms with Crippen LogP contribution in [0, 0.1) is 5.82 Å². The molecule has 84 valence electrons. The molecule has 2 nitrogen and oxygen atoms in total. The maximum Gasteiger partial charge on any atom is 0.220 e. The SMILES string of the molecule is CCCCC(=O)NCc1ccc(F)cc1.[HH]. The van der Waals surface area contributed by atoms with Gasteiger partial charge in [0.25, 0.3) is 0 Å². The second-order valence-electron chi connectivity index (χ2n) is 3.51. The van der Waals surface area contributed by atoms with E-state index in [1.165, 1.54) is 12.1 Å². The number of benzene rings is 1. The first-order valence-electron chi connectivity index (χ1n) is 5.23. The van der Waals surface area contributed by atoms with Gasteiger partial charge in [0.1, 0.15) is 5.82 Å². The van der Waals surface area contributed by atoms with E-state index in [-0.39, 0.29) is 13.2 Å². The van der Waals surface area contributed by atoms with Gasteiger partial charge in [0, 0.05) is 14.4 Å². The fourth-order valence-electron chi connectivity index (χ4n) is 1.23. The van der Waals surface area contributed by atoms with Crippen molar-refractivity contribution >= 4 is 5.91 Å². The van der Waals surface area contributed by atoms with Gasteiger partial charge in [-0.25, -0.2) is 4.39 Å². The first-order valence-corrected chi connectivity index (χ1v) is 5.23. The Bertz CT molecular complexity index is 313. The molecule has 0 saturated heterocycles. The molecule has 0 heterocycles. The lowest BCUT2D eigenvalue weighted by molar-refractivity contribution is -0.121. The van der Waals surface area contributed by atoms with Crippen molar-refractivity contribution in [1.29, 1.82) is 0 Å². The van der Waals surface area contributed by atoms with Gasteiger partial charge in [0.05, 0.1) is 0 Å². The summed E-state index contributed by atoms with van der Waals surface area (Å²) in [7, 11) is 0. The highest BCUT2D eigenvalue weighted by Gasteiger charge is 2.00. The van der Waals surface area contributed by atoms with Crippen LogP contribution in [-0.4, -0.2) is 5.91 Å². The molecule has 0 aliphatic heterocycles. The monoisotopic (exact) mass is 211 g/mol. The fraction of sp³-hybridized carbons (Fsp3) is 0.417. The lowest BCUT2D eigenvalue weighted by Gasteiger charge is -2.04. The van der Waals surface area contributed by atoms with Crippen LogP contribution < -0.4 is 5.32 Å². The highest BCUT2D eigenvalue weighted by molar-refractivity contribution is 5.75. The second kappa shape index (κ2) is 6.17. The van der Waals surface area contributed by atoms with E-state index in [1.54, 1.807) is 12.1 Å². The summed E-state index contributed by atoms with van der Waals surface area (Å²) in [5.41, 5.74) is 0.918. The van der Waals surface area contributed by atoms with Crippen LogP contribution >= 0.6 is 0 Å². The van der Waals surface area contributed by atoms with E-state index in [4.69, 9.17) is 0 Å². The third-order valence-electron chi connectivity index (χ3n) is 2.16. The van der Waals surface area contributed by atoms with E-state index in [0.717, 1.165) is 18.4 Å². The van der Waals surface area contributed by atoms with Gasteiger partial charge in [-0.05, 0) is 24.1 Å². The molecule has 3 heteroatoms. The molecule has 1 aromatic carbocycles. The van der Waals surface area contributed by atoms with Crippen molar-refractivity contribution in [3.63, 3.8) is 0 Å². The fourth-order valence-corrected chi connectivity index (χ4v) is 1.23. The summed E-state index contributed by atoms with van der Waals surface area (Å²) in [4.78, 5) is 11.3. The third kappa shape index (κ3) is 4.58. The van der Waals surface area contributed by atoms with E-state index >= 15 is 0 Å². The van der Waals surface area contributed by atoms with E-state index in [1.807, 2.05) is 6.92 Å². The molecule has 15 heavy (non-hydrogen) atoms. The number of carbonyl (C=O) groups excluding carboxylic acids is 1. The molecule has 1 N–H and O–H groups in total. The van der Waals surface area contributed by atoms with Gasteiger partial charge in [0.2, 0.25) is 5.91 Å². The first kappa shape index (κ1) is 11.7. The molecule has 0 aliphatic rings. The molecule has 1 amide bonds. The molecule has 0 bridgehead atoms. The molecule has 0 unspecified atom stereocenters. The number of halogens is 1. The maximum atomic E-state index is 12.6. The summed E-state index contributed by atoms with van der Waals surface area (Å²) in [6.45, 7) is 2.52. The van der Waals surface area contributed by atoms with Crippen molar-refractivity contribution in [2.75, 3.05) is 0 Å². The Labute approximate surface area is 91.0 Å². The quantitative estimate of drug-likeness (QED) is 0.797. The minimum Gasteiger partial charge on any atom is -0.352 e. The Kier molecular flexibility index (Phi) is 4.81. The van der Waals surface area contributed by atoms with Crippen LogP contribution in [0.2, 0.25) is 0 Å². The van der Waals surface area contributed by atoms with Gasteiger partial charge >= 0.3 is 0 Å². The Morgan fingerprint density at radius 3 is 2.67 bits per heavy atom. The molecule has 0 radical (unpaired) electrons. The van der Waals surface area contributed by atoms with Crippen LogP contribution in [-0.2, 0) is 11.3 Å². The summed E-state index contributed by atoms with van der Waals surface area (Å²) in [6.07, 6.45) is 2.50. The minimum absolute atomic E-state index is 0. The Hall–Kier alpha value is -1.38. The van der Waals surface area contributed by atoms with Crippen molar-refractivity contribution < 1.29 is 10.6 Å². The summed E-state index contributed by atoms with van der Waals surface area (Å²) in [5, 5.41) is 2.79. The van der Waals surface area contributed by atoms with Gasteiger partial charge in [-0.3, -0.25) is 4.79 Å². The second-order valence-corrected chi connectivity index (χ2v) is 3.51. The molecule has 0 saturated carbocycles. The van der Waals surface area contributed by atoms with E-state index in [2.05, 4.69) is 5.32 Å². The molecule has 0 aliphatic carbocycles. The average Bonchev–Trinajstić information content (AvgIpc) is 2.25. The Balaban J connectivity index is 0.00000225. The minimum atomic E-state index is -0.254. The lowest BCUT2D eigenvalue weighted by Crippen LogP contribution is -2.22. The maximum absolute atomic E-state index is 12.6. The van der Waals surface area contributed by atoms with Gasteiger partial charge in [0.15, 0.2) is 0 Å². The number of rotatable bonds is 5. The van der Waals surface area contributed by atoms with Crippen molar-refractivity contribution in [1.82, 2.24) is 5.32 Å². The van der Waals surface area contributed by atoms with Crippen LogP contribution in [0.5, 0.6) is 0 Å². The molecule has 0 atom stereocenters. The highest BCUT2D eigenvalue weighted by atomic mass is 19.1. The number of nitrogens with one attached hydrogen (secondary N) is 1. The van der Waals surface area contributed by atoms with Gasteiger partial charge in [-0.2, -0.15) is 0 Å². The third-order valence-corrected chi connectivity index (χ3v) is 2.16. The number of unbranched alkanes of at least 4 members (excludes halogenated alkanes) is 1. The van der Waals surface area contributed by atoms with Crippen LogP contribution in [0.15, 0.2) is 24.3 Å². The van der Waals surface area contributed by atoms with E-state index in [0.29, 0.717) is 13.0 Å². The number of amides is 1. The summed E-state index contributed by atoms with van der Waals surface area (Å²) in [5.74, 6) is -0.197. The molecule has 1 rings (SSSR count). The molecular formula is C12H18FNO. The Morgan fingerprint density at radius 1 is 1.40 bits per heavy atom. The van der Waals surface area contributed by atoms with E-state index < -0.39 is 0 Å². The molecule has 1 aromatic rings. The lowest BCUT2D eigenvalue weighted by atomic mass is 10.2. The largest absolute Gasteiger partial charge is 0.352 e.